The minimum atomic E-state index is -3.37. The maximum absolute atomic E-state index is 13.4. The second-order valence-corrected chi connectivity index (χ2v) is 13.4. The van der Waals surface area contributed by atoms with Crippen LogP contribution in [0.15, 0.2) is 130 Å². The number of fused-ring (bicyclic) bond motifs is 9. The van der Waals surface area contributed by atoms with Gasteiger partial charge in [-0.25, -0.2) is 8.42 Å². The van der Waals surface area contributed by atoms with E-state index in [0.717, 1.165) is 88.4 Å². The summed E-state index contributed by atoms with van der Waals surface area (Å²) in [6, 6.07) is 40.8. The van der Waals surface area contributed by atoms with Gasteiger partial charge in [0.15, 0.2) is 9.84 Å². The summed E-state index contributed by atoms with van der Waals surface area (Å²) in [5, 5.41) is 4.24. The van der Waals surface area contributed by atoms with Crippen LogP contribution < -0.4 is 0 Å². The number of para-hydroxylation sites is 2. The summed E-state index contributed by atoms with van der Waals surface area (Å²) < 4.78 is 38.9. The molecule has 0 atom stereocenters. The van der Waals surface area contributed by atoms with Crippen molar-refractivity contribution in [2.24, 2.45) is 0 Å². The fourth-order valence-corrected chi connectivity index (χ4v) is 8.26. The smallest absolute Gasteiger partial charge is 0.158 e. The molecule has 43 heavy (non-hydrogen) atoms. The van der Waals surface area contributed by atoms with E-state index in [1.54, 1.807) is 0 Å². The van der Waals surface area contributed by atoms with E-state index in [1.807, 2.05) is 66.7 Å². The highest BCUT2D eigenvalue weighted by molar-refractivity contribution is 7.89. The van der Waals surface area contributed by atoms with Crippen LogP contribution in [-0.4, -0.2) is 8.42 Å². The Morgan fingerprint density at radius 2 is 1.09 bits per heavy atom. The van der Waals surface area contributed by atoms with Gasteiger partial charge in [0, 0.05) is 21.5 Å². The van der Waals surface area contributed by atoms with E-state index >= 15 is 0 Å². The molecule has 0 bridgehead atoms. The first-order valence-electron chi connectivity index (χ1n) is 14.3. The molecule has 5 heteroatoms. The molecule has 6 aromatic carbocycles. The molecule has 0 fully saturated rings. The van der Waals surface area contributed by atoms with Crippen LogP contribution in [0, 0.1) is 0 Å². The standard InChI is InChI=1S/C38H24O4S/c39-43(40)21-26-13-12-23(24-15-17-36-33(20-24)30-6-1-3-9-34(30)41-36)19-32(26)28-16-14-25(18-27(28)22-43)29-8-5-11-37-38(29)31-7-2-4-10-35(31)42-37/h1-20H,21-22H2. The molecule has 0 amide bonds. The summed E-state index contributed by atoms with van der Waals surface area (Å²) in [5.41, 5.74) is 11.0. The van der Waals surface area contributed by atoms with Crippen LogP contribution in [0.25, 0.3) is 77.3 Å². The van der Waals surface area contributed by atoms with Crippen molar-refractivity contribution in [2.45, 2.75) is 11.5 Å². The summed E-state index contributed by atoms with van der Waals surface area (Å²) >= 11 is 0. The van der Waals surface area contributed by atoms with E-state index in [1.165, 1.54) is 0 Å². The van der Waals surface area contributed by atoms with Crippen LogP contribution in [0.3, 0.4) is 0 Å². The zero-order chi connectivity index (χ0) is 28.7. The molecule has 0 saturated heterocycles. The second-order valence-electron chi connectivity index (χ2n) is 11.4. The summed E-state index contributed by atoms with van der Waals surface area (Å²) in [4.78, 5) is 0. The Labute approximate surface area is 247 Å². The molecule has 0 radical (unpaired) electrons. The van der Waals surface area contributed by atoms with E-state index in [4.69, 9.17) is 8.83 Å². The maximum atomic E-state index is 13.4. The van der Waals surface area contributed by atoms with Gasteiger partial charge in [0.1, 0.15) is 22.3 Å². The fraction of sp³-hybridized carbons (Fsp3) is 0.0526. The van der Waals surface area contributed by atoms with Gasteiger partial charge in [-0.3, -0.25) is 0 Å². The molecular weight excluding hydrogens is 552 g/mol. The summed E-state index contributed by atoms with van der Waals surface area (Å²) in [6.07, 6.45) is 0. The van der Waals surface area contributed by atoms with Gasteiger partial charge in [0.2, 0.25) is 0 Å². The molecular formula is C38H24O4S. The van der Waals surface area contributed by atoms with E-state index in [-0.39, 0.29) is 11.5 Å². The molecule has 0 N–H and O–H groups in total. The largest absolute Gasteiger partial charge is 0.456 e. The zero-order valence-electron chi connectivity index (χ0n) is 23.0. The third-order valence-electron chi connectivity index (χ3n) is 8.68. The van der Waals surface area contributed by atoms with E-state index in [9.17, 15) is 8.42 Å². The maximum Gasteiger partial charge on any atom is 0.158 e. The van der Waals surface area contributed by atoms with Crippen LogP contribution in [0.1, 0.15) is 11.1 Å². The van der Waals surface area contributed by atoms with Crippen LogP contribution in [0.2, 0.25) is 0 Å². The highest BCUT2D eigenvalue weighted by Gasteiger charge is 2.25. The normalized spacial score (nSPS) is 14.2. The first kappa shape index (κ1) is 24.5. The van der Waals surface area contributed by atoms with Gasteiger partial charge in [-0.05, 0) is 87.0 Å². The minimum Gasteiger partial charge on any atom is -0.456 e. The number of furan rings is 2. The minimum absolute atomic E-state index is 0.00470. The average molecular weight is 577 g/mol. The number of benzene rings is 6. The number of sulfone groups is 1. The highest BCUT2D eigenvalue weighted by atomic mass is 32.2. The Kier molecular flexibility index (Phi) is 5.08. The molecule has 1 aliphatic heterocycles. The Hall–Kier alpha value is -5.13. The van der Waals surface area contributed by atoms with Crippen molar-refractivity contribution in [3.05, 3.63) is 132 Å². The lowest BCUT2D eigenvalue weighted by Gasteiger charge is -2.13. The van der Waals surface area contributed by atoms with E-state index < -0.39 is 9.84 Å². The van der Waals surface area contributed by atoms with E-state index in [0.29, 0.717) is 0 Å². The van der Waals surface area contributed by atoms with Crippen molar-refractivity contribution in [2.75, 3.05) is 0 Å². The topological polar surface area (TPSA) is 60.4 Å². The molecule has 0 unspecified atom stereocenters. The second kappa shape index (κ2) is 8.93. The molecule has 0 aliphatic carbocycles. The van der Waals surface area contributed by atoms with Gasteiger partial charge >= 0.3 is 0 Å². The lowest BCUT2D eigenvalue weighted by molar-refractivity contribution is 0.595. The number of rotatable bonds is 2. The quantitative estimate of drug-likeness (QED) is 0.205. The van der Waals surface area contributed by atoms with Crippen molar-refractivity contribution in [3.8, 4) is 33.4 Å². The summed E-state index contributed by atoms with van der Waals surface area (Å²) in [7, 11) is -3.37. The molecule has 0 saturated carbocycles. The molecule has 2 aromatic heterocycles. The Bertz CT molecular complexity index is 2530. The van der Waals surface area contributed by atoms with Crippen LogP contribution >= 0.6 is 0 Å². The van der Waals surface area contributed by atoms with Gasteiger partial charge in [-0.1, -0.05) is 78.9 Å². The van der Waals surface area contributed by atoms with Gasteiger partial charge in [0.05, 0.1) is 11.5 Å². The molecule has 3 heterocycles. The van der Waals surface area contributed by atoms with Gasteiger partial charge in [-0.15, -0.1) is 0 Å². The number of hydrogen-bond acceptors (Lipinski definition) is 4. The van der Waals surface area contributed by atoms with E-state index in [2.05, 4.69) is 54.6 Å². The summed E-state index contributed by atoms with van der Waals surface area (Å²) in [5.74, 6) is 0.00917. The predicted molar refractivity (Wildman–Crippen MR) is 174 cm³/mol. The van der Waals surface area contributed by atoms with Gasteiger partial charge < -0.3 is 8.83 Å². The van der Waals surface area contributed by atoms with Crippen molar-refractivity contribution in [1.82, 2.24) is 0 Å². The molecule has 9 rings (SSSR count). The third-order valence-corrected chi connectivity index (χ3v) is 10.2. The SMILES string of the molecule is O=S1(=O)Cc2cc(-c3cccc4oc5ccccc5c34)ccc2-c2cc(-c3ccc4oc5ccccc5c4c3)ccc2C1. The zero-order valence-corrected chi connectivity index (χ0v) is 23.8. The molecule has 8 aromatic rings. The average Bonchev–Trinajstić information content (AvgIpc) is 3.56. The fourth-order valence-electron chi connectivity index (χ4n) is 6.72. The van der Waals surface area contributed by atoms with Gasteiger partial charge in [0.25, 0.3) is 0 Å². The number of hydrogen-bond donors (Lipinski definition) is 0. The van der Waals surface area contributed by atoms with Crippen molar-refractivity contribution in [1.29, 1.82) is 0 Å². The van der Waals surface area contributed by atoms with Crippen molar-refractivity contribution >= 4 is 53.7 Å². The predicted octanol–water partition coefficient (Wildman–Crippen LogP) is 9.91. The van der Waals surface area contributed by atoms with Crippen molar-refractivity contribution < 1.29 is 17.3 Å². The van der Waals surface area contributed by atoms with Gasteiger partial charge in [-0.2, -0.15) is 0 Å². The Morgan fingerprint density at radius 3 is 1.98 bits per heavy atom. The lowest BCUT2D eigenvalue weighted by Crippen LogP contribution is -2.05. The van der Waals surface area contributed by atoms with Crippen LogP contribution in [-0.2, 0) is 21.3 Å². The summed E-state index contributed by atoms with van der Waals surface area (Å²) in [6.45, 7) is 0. The Morgan fingerprint density at radius 1 is 0.442 bits per heavy atom. The molecule has 1 aliphatic rings. The van der Waals surface area contributed by atoms with Crippen molar-refractivity contribution in [3.63, 3.8) is 0 Å². The lowest BCUT2D eigenvalue weighted by atomic mass is 9.90. The monoisotopic (exact) mass is 576 g/mol. The molecule has 0 spiro atoms. The molecule has 206 valence electrons. The van der Waals surface area contributed by atoms with Crippen LogP contribution in [0.5, 0.6) is 0 Å². The first-order valence-corrected chi connectivity index (χ1v) is 16.1. The highest BCUT2D eigenvalue weighted by Crippen LogP contribution is 2.42. The molecule has 4 nitrogen and oxygen atoms in total. The Balaban J connectivity index is 1.21. The van der Waals surface area contributed by atoms with Crippen LogP contribution in [0.4, 0.5) is 0 Å². The first-order chi connectivity index (χ1) is 21.0. The third kappa shape index (κ3) is 3.85.